The minimum absolute atomic E-state index is 0.0421. The number of halogens is 2. The molecule has 3 aromatic heterocycles. The highest BCUT2D eigenvalue weighted by atomic mass is 19.1. The van der Waals surface area contributed by atoms with E-state index in [1.165, 1.54) is 6.20 Å². The van der Waals surface area contributed by atoms with Crippen molar-refractivity contribution < 1.29 is 8.78 Å². The summed E-state index contributed by atoms with van der Waals surface area (Å²) < 4.78 is 30.1. The summed E-state index contributed by atoms with van der Waals surface area (Å²) in [6, 6.07) is 10.5. The molecular weight excluding hydrogens is 486 g/mol. The summed E-state index contributed by atoms with van der Waals surface area (Å²) in [6.07, 6.45) is 10.3. The van der Waals surface area contributed by atoms with Crippen molar-refractivity contribution in [2.75, 3.05) is 32.6 Å². The van der Waals surface area contributed by atoms with Crippen LogP contribution in [0.25, 0.3) is 28.0 Å². The molecule has 0 unspecified atom stereocenters. The topological polar surface area (TPSA) is 96.9 Å². The first-order valence-electron chi connectivity index (χ1n) is 12.5. The van der Waals surface area contributed by atoms with E-state index in [1.807, 2.05) is 43.2 Å². The van der Waals surface area contributed by atoms with Gasteiger partial charge in [-0.05, 0) is 55.8 Å². The summed E-state index contributed by atoms with van der Waals surface area (Å²) >= 11 is 0. The van der Waals surface area contributed by atoms with Crippen LogP contribution in [-0.4, -0.2) is 51.9 Å². The van der Waals surface area contributed by atoms with Crippen molar-refractivity contribution in [2.24, 2.45) is 5.73 Å². The average Bonchev–Trinajstić information content (AvgIpc) is 3.40. The lowest BCUT2D eigenvalue weighted by atomic mass is 9.97. The molecule has 0 bridgehead atoms. The number of hydrogen-bond acceptors (Lipinski definition) is 7. The highest BCUT2D eigenvalue weighted by Gasteiger charge is 2.17. The number of pyridine rings is 2. The molecule has 1 saturated heterocycles. The summed E-state index contributed by atoms with van der Waals surface area (Å²) in [5.41, 5.74) is 14.4. The van der Waals surface area contributed by atoms with Gasteiger partial charge >= 0.3 is 0 Å². The van der Waals surface area contributed by atoms with Crippen LogP contribution in [0.15, 0.2) is 67.4 Å². The number of benzene rings is 1. The number of piperidine rings is 1. The van der Waals surface area contributed by atoms with E-state index >= 15 is 0 Å². The molecule has 1 fully saturated rings. The Labute approximate surface area is 220 Å². The molecule has 1 aliphatic heterocycles. The standard InChI is InChI=1S/C28H30F2N8/c1-37(2)36-23-10-19(9-20(11-23)28-26(30)12-22(29)16-34-28)25(13-31)27-4-3-18(14-33-27)21-15-35-38(17-21)24-5-7-32-8-6-24/h3-4,9-17,24,32,36H,5-8,31H2,1-2H3. The minimum Gasteiger partial charge on any atom is -0.404 e. The van der Waals surface area contributed by atoms with Crippen LogP contribution in [0.5, 0.6) is 0 Å². The quantitative estimate of drug-likeness (QED) is 0.313. The van der Waals surface area contributed by atoms with Gasteiger partial charge in [-0.3, -0.25) is 14.6 Å². The normalized spacial score (nSPS) is 14.7. The molecule has 0 aliphatic carbocycles. The van der Waals surface area contributed by atoms with Gasteiger partial charge in [-0.2, -0.15) is 5.10 Å². The predicted molar refractivity (Wildman–Crippen MR) is 145 cm³/mol. The molecule has 0 radical (unpaired) electrons. The Hall–Kier alpha value is -4.15. The number of nitrogens with zero attached hydrogens (tertiary/aromatic N) is 5. The predicted octanol–water partition coefficient (Wildman–Crippen LogP) is 4.45. The van der Waals surface area contributed by atoms with Gasteiger partial charge in [0.25, 0.3) is 0 Å². The van der Waals surface area contributed by atoms with Gasteiger partial charge in [0.2, 0.25) is 0 Å². The molecule has 0 amide bonds. The highest BCUT2D eigenvalue weighted by Crippen LogP contribution is 2.32. The van der Waals surface area contributed by atoms with Crippen molar-refractivity contribution >= 4 is 11.3 Å². The Morgan fingerprint density at radius 3 is 2.53 bits per heavy atom. The lowest BCUT2D eigenvalue weighted by Crippen LogP contribution is -2.29. The van der Waals surface area contributed by atoms with E-state index in [9.17, 15) is 8.78 Å². The van der Waals surface area contributed by atoms with Gasteiger partial charge in [-0.15, -0.1) is 0 Å². The SMILES string of the molecule is CN(C)Nc1cc(C(=CN)c2ccc(-c3cnn(C4CCNCC4)c3)cn2)cc(-c2ncc(F)cc2F)c1. The smallest absolute Gasteiger partial charge is 0.152 e. The first-order chi connectivity index (χ1) is 18.4. The van der Waals surface area contributed by atoms with Crippen molar-refractivity contribution in [3.63, 3.8) is 0 Å². The summed E-state index contributed by atoms with van der Waals surface area (Å²) in [6.45, 7) is 2.00. The molecular formula is C28H30F2N8. The van der Waals surface area contributed by atoms with E-state index < -0.39 is 11.6 Å². The zero-order valence-corrected chi connectivity index (χ0v) is 21.3. The fourth-order valence-corrected chi connectivity index (χ4v) is 4.68. The largest absolute Gasteiger partial charge is 0.404 e. The first-order valence-corrected chi connectivity index (χ1v) is 12.5. The number of nitrogens with two attached hydrogens (primary N) is 1. The highest BCUT2D eigenvalue weighted by molar-refractivity contribution is 5.83. The van der Waals surface area contributed by atoms with Crippen molar-refractivity contribution in [1.82, 2.24) is 30.1 Å². The molecule has 10 heteroatoms. The monoisotopic (exact) mass is 516 g/mol. The summed E-state index contributed by atoms with van der Waals surface area (Å²) in [5, 5.41) is 9.72. The maximum atomic E-state index is 14.6. The van der Waals surface area contributed by atoms with E-state index in [0.717, 1.165) is 49.3 Å². The van der Waals surface area contributed by atoms with Gasteiger partial charge in [0, 0.05) is 61.0 Å². The summed E-state index contributed by atoms with van der Waals surface area (Å²) in [7, 11) is 3.69. The molecule has 4 heterocycles. The van der Waals surface area contributed by atoms with Gasteiger partial charge in [0.05, 0.1) is 29.8 Å². The molecule has 38 heavy (non-hydrogen) atoms. The zero-order valence-electron chi connectivity index (χ0n) is 21.3. The van der Waals surface area contributed by atoms with E-state index in [2.05, 4.69) is 32.0 Å². The Kier molecular flexibility index (Phi) is 7.43. The second-order valence-corrected chi connectivity index (χ2v) is 9.49. The molecule has 4 N–H and O–H groups in total. The number of rotatable bonds is 7. The maximum Gasteiger partial charge on any atom is 0.152 e. The molecule has 0 spiro atoms. The van der Waals surface area contributed by atoms with E-state index in [-0.39, 0.29) is 5.69 Å². The molecule has 5 rings (SSSR count). The van der Waals surface area contributed by atoms with Crippen LogP contribution in [0.2, 0.25) is 0 Å². The van der Waals surface area contributed by atoms with Crippen LogP contribution in [0.3, 0.4) is 0 Å². The van der Waals surface area contributed by atoms with Crippen LogP contribution >= 0.6 is 0 Å². The molecule has 0 atom stereocenters. The zero-order chi connectivity index (χ0) is 26.6. The van der Waals surface area contributed by atoms with Crippen molar-refractivity contribution in [1.29, 1.82) is 0 Å². The molecule has 196 valence electrons. The lowest BCUT2D eigenvalue weighted by Gasteiger charge is -2.22. The summed E-state index contributed by atoms with van der Waals surface area (Å²) in [5.74, 6) is -1.48. The van der Waals surface area contributed by atoms with Crippen molar-refractivity contribution in [2.45, 2.75) is 18.9 Å². The fraction of sp³-hybridized carbons (Fsp3) is 0.250. The van der Waals surface area contributed by atoms with Crippen LogP contribution in [0, 0.1) is 11.6 Å². The number of hydrazine groups is 1. The minimum atomic E-state index is -0.747. The Morgan fingerprint density at radius 2 is 1.84 bits per heavy atom. The molecule has 1 aliphatic rings. The van der Waals surface area contributed by atoms with Crippen LogP contribution < -0.4 is 16.5 Å². The number of aromatic nitrogens is 4. The summed E-state index contributed by atoms with van der Waals surface area (Å²) in [4.78, 5) is 8.66. The number of nitrogens with one attached hydrogen (secondary N) is 2. The maximum absolute atomic E-state index is 14.6. The molecule has 8 nitrogen and oxygen atoms in total. The second-order valence-electron chi connectivity index (χ2n) is 9.49. The van der Waals surface area contributed by atoms with Gasteiger partial charge in [0.15, 0.2) is 5.82 Å². The second kappa shape index (κ2) is 11.1. The van der Waals surface area contributed by atoms with Crippen molar-refractivity contribution in [3.8, 4) is 22.4 Å². The number of hydrogen-bond donors (Lipinski definition) is 3. The van der Waals surface area contributed by atoms with Gasteiger partial charge in [-0.1, -0.05) is 6.07 Å². The third-order valence-electron chi connectivity index (χ3n) is 6.50. The Balaban J connectivity index is 1.46. The van der Waals surface area contributed by atoms with Crippen molar-refractivity contribution in [3.05, 3.63) is 90.3 Å². The Bertz CT molecular complexity index is 1440. The Morgan fingerprint density at radius 1 is 1.03 bits per heavy atom. The lowest BCUT2D eigenvalue weighted by molar-refractivity contribution is 0.343. The van der Waals surface area contributed by atoms with E-state index in [0.29, 0.717) is 34.1 Å². The molecule has 0 saturated carbocycles. The van der Waals surface area contributed by atoms with E-state index in [1.54, 1.807) is 23.3 Å². The van der Waals surface area contributed by atoms with Gasteiger partial charge < -0.3 is 16.5 Å². The fourth-order valence-electron chi connectivity index (χ4n) is 4.68. The van der Waals surface area contributed by atoms with Crippen LogP contribution in [0.1, 0.15) is 30.1 Å². The van der Waals surface area contributed by atoms with Crippen LogP contribution in [-0.2, 0) is 0 Å². The van der Waals surface area contributed by atoms with Gasteiger partial charge in [0.1, 0.15) is 11.5 Å². The molecule has 1 aromatic carbocycles. The molecule has 4 aromatic rings. The third-order valence-corrected chi connectivity index (χ3v) is 6.50. The first kappa shape index (κ1) is 25.5. The van der Waals surface area contributed by atoms with E-state index in [4.69, 9.17) is 5.73 Å². The van der Waals surface area contributed by atoms with Crippen LogP contribution in [0.4, 0.5) is 14.5 Å². The number of anilines is 1. The average molecular weight is 517 g/mol. The third kappa shape index (κ3) is 5.56. The van der Waals surface area contributed by atoms with Gasteiger partial charge in [-0.25, -0.2) is 13.8 Å².